The molecular formula is C9H11FN2O2. The van der Waals surface area contributed by atoms with Crippen LogP contribution in [0, 0.1) is 0 Å². The van der Waals surface area contributed by atoms with E-state index in [1.165, 1.54) is 32.5 Å². The van der Waals surface area contributed by atoms with Gasteiger partial charge in [0.2, 0.25) is 0 Å². The van der Waals surface area contributed by atoms with Crippen molar-refractivity contribution in [1.29, 1.82) is 0 Å². The van der Waals surface area contributed by atoms with Crippen LogP contribution in [0.3, 0.4) is 0 Å². The molecular weight excluding hydrogens is 187 g/mol. The van der Waals surface area contributed by atoms with Crippen LogP contribution >= 0.6 is 0 Å². The molecule has 1 aromatic heterocycles. The molecule has 0 aliphatic carbocycles. The lowest BCUT2D eigenvalue weighted by Crippen LogP contribution is -2.26. The fourth-order valence-corrected chi connectivity index (χ4v) is 0.874. The second-order valence-corrected chi connectivity index (χ2v) is 2.67. The Bertz CT molecular complexity index is 313. The Balaban J connectivity index is 2.81. The van der Waals surface area contributed by atoms with Gasteiger partial charge in [-0.25, -0.2) is 9.45 Å². The molecule has 1 amide bonds. The Morgan fingerprint density at radius 1 is 1.64 bits per heavy atom. The summed E-state index contributed by atoms with van der Waals surface area (Å²) in [5, 5.41) is 1.05. The monoisotopic (exact) mass is 198 g/mol. The largest absolute Gasteiger partial charge is 0.295 e. The van der Waals surface area contributed by atoms with Crippen LogP contribution in [-0.4, -0.2) is 30.1 Å². The Hall–Kier alpha value is -1.49. The van der Waals surface area contributed by atoms with Gasteiger partial charge in [0.25, 0.3) is 5.91 Å². The first kappa shape index (κ1) is 10.6. The van der Waals surface area contributed by atoms with Gasteiger partial charge < -0.3 is 0 Å². The van der Waals surface area contributed by atoms with Crippen LogP contribution in [0.2, 0.25) is 0 Å². The molecule has 0 aliphatic heterocycles. The predicted octanol–water partition coefficient (Wildman–Crippen LogP) is 1.18. The van der Waals surface area contributed by atoms with Gasteiger partial charge in [0.05, 0.1) is 7.11 Å². The lowest BCUT2D eigenvalue weighted by molar-refractivity contribution is -0.0760. The number of alkyl halides is 1. The molecule has 0 aliphatic rings. The van der Waals surface area contributed by atoms with Crippen molar-refractivity contribution in [3.63, 3.8) is 0 Å². The zero-order chi connectivity index (χ0) is 10.6. The topological polar surface area (TPSA) is 42.4 Å². The predicted molar refractivity (Wildman–Crippen MR) is 48.2 cm³/mol. The average molecular weight is 198 g/mol. The van der Waals surface area contributed by atoms with Crippen LogP contribution in [0.4, 0.5) is 4.39 Å². The van der Waals surface area contributed by atoms with E-state index in [1.807, 2.05) is 0 Å². The van der Waals surface area contributed by atoms with Gasteiger partial charge in [0, 0.05) is 18.8 Å². The maximum absolute atomic E-state index is 12.1. The smallest absolute Gasteiger partial charge is 0.274 e. The summed E-state index contributed by atoms with van der Waals surface area (Å²) >= 11 is 0. The van der Waals surface area contributed by atoms with E-state index in [2.05, 4.69) is 4.98 Å². The van der Waals surface area contributed by atoms with Crippen LogP contribution in [0.15, 0.2) is 18.3 Å². The second kappa shape index (κ2) is 4.66. The van der Waals surface area contributed by atoms with E-state index in [9.17, 15) is 9.18 Å². The van der Waals surface area contributed by atoms with Crippen molar-refractivity contribution in [3.05, 3.63) is 29.6 Å². The molecule has 5 heteroatoms. The summed E-state index contributed by atoms with van der Waals surface area (Å²) in [5.41, 5.74) is 0.674. The lowest BCUT2D eigenvalue weighted by atomic mass is 10.2. The van der Waals surface area contributed by atoms with Crippen molar-refractivity contribution >= 4 is 5.91 Å². The summed E-state index contributed by atoms with van der Waals surface area (Å²) in [6.45, 7) is -0.582. The fourth-order valence-electron chi connectivity index (χ4n) is 0.874. The number of carbonyl (C=O) groups is 1. The van der Waals surface area contributed by atoms with Gasteiger partial charge in [-0.3, -0.25) is 14.6 Å². The average Bonchev–Trinajstić information content (AvgIpc) is 2.27. The number of hydrogen-bond acceptors (Lipinski definition) is 3. The van der Waals surface area contributed by atoms with Gasteiger partial charge in [0.1, 0.15) is 12.4 Å². The van der Waals surface area contributed by atoms with Crippen molar-refractivity contribution in [3.8, 4) is 0 Å². The fraction of sp³-hybridized carbons (Fsp3) is 0.333. The molecule has 0 spiro atoms. The highest BCUT2D eigenvalue weighted by molar-refractivity contribution is 5.91. The molecule has 0 fully saturated rings. The number of nitrogens with zero attached hydrogens (tertiary/aromatic N) is 2. The third kappa shape index (κ3) is 2.26. The van der Waals surface area contributed by atoms with Crippen LogP contribution in [0.5, 0.6) is 0 Å². The van der Waals surface area contributed by atoms with Gasteiger partial charge in [-0.15, -0.1) is 0 Å². The summed E-state index contributed by atoms with van der Waals surface area (Å²) in [5.74, 6) is -0.363. The minimum Gasteiger partial charge on any atom is -0.274 e. The van der Waals surface area contributed by atoms with Gasteiger partial charge in [-0.05, 0) is 6.07 Å². The molecule has 0 unspecified atom stereocenters. The zero-order valence-electron chi connectivity index (χ0n) is 8.03. The van der Waals surface area contributed by atoms with Crippen molar-refractivity contribution in [1.82, 2.24) is 10.0 Å². The highest BCUT2D eigenvalue weighted by atomic mass is 19.1. The van der Waals surface area contributed by atoms with Gasteiger partial charge in [-0.1, -0.05) is 6.07 Å². The van der Waals surface area contributed by atoms with Gasteiger partial charge in [-0.2, -0.15) is 0 Å². The number of rotatable bonds is 3. The van der Waals surface area contributed by atoms with Crippen LogP contribution < -0.4 is 0 Å². The SMILES string of the molecule is CON(C)C(=O)c1ccc(CF)cn1. The van der Waals surface area contributed by atoms with Gasteiger partial charge >= 0.3 is 0 Å². The summed E-state index contributed by atoms with van der Waals surface area (Å²) in [4.78, 5) is 19.9. The second-order valence-electron chi connectivity index (χ2n) is 2.67. The van der Waals surface area contributed by atoms with Crippen molar-refractivity contribution in [2.45, 2.75) is 6.67 Å². The van der Waals surface area contributed by atoms with E-state index < -0.39 is 6.67 Å². The van der Waals surface area contributed by atoms with E-state index in [0.29, 0.717) is 5.56 Å². The number of hydrogen-bond donors (Lipinski definition) is 0. The number of amides is 1. The summed E-state index contributed by atoms with van der Waals surface area (Å²) in [6.07, 6.45) is 1.33. The quantitative estimate of drug-likeness (QED) is 0.685. The molecule has 1 heterocycles. The lowest BCUT2D eigenvalue weighted by Gasteiger charge is -2.12. The van der Waals surface area contributed by atoms with E-state index in [0.717, 1.165) is 5.06 Å². The molecule has 4 nitrogen and oxygen atoms in total. The Labute approximate surface area is 81.3 Å². The minimum absolute atomic E-state index is 0.228. The third-order valence-corrected chi connectivity index (χ3v) is 1.76. The van der Waals surface area contributed by atoms with E-state index in [1.54, 1.807) is 0 Å². The maximum Gasteiger partial charge on any atom is 0.295 e. The molecule has 0 N–H and O–H groups in total. The first-order valence-corrected chi connectivity index (χ1v) is 4.02. The molecule has 1 aromatic rings. The van der Waals surface area contributed by atoms with E-state index in [-0.39, 0.29) is 11.6 Å². The molecule has 0 saturated carbocycles. The molecule has 14 heavy (non-hydrogen) atoms. The van der Waals surface area contributed by atoms with E-state index >= 15 is 0 Å². The van der Waals surface area contributed by atoms with Crippen LogP contribution in [-0.2, 0) is 11.5 Å². The third-order valence-electron chi connectivity index (χ3n) is 1.76. The number of halogens is 1. The Kier molecular flexibility index (Phi) is 3.53. The first-order valence-electron chi connectivity index (χ1n) is 4.02. The summed E-state index contributed by atoms with van der Waals surface area (Å²) in [6, 6.07) is 2.98. The van der Waals surface area contributed by atoms with Crippen molar-refractivity contribution < 1.29 is 14.0 Å². The highest BCUT2D eigenvalue weighted by Crippen LogP contribution is 2.04. The molecule has 1 rings (SSSR count). The molecule has 0 aromatic carbocycles. The number of pyridine rings is 1. The first-order chi connectivity index (χ1) is 6.69. The minimum atomic E-state index is -0.582. The zero-order valence-corrected chi connectivity index (χ0v) is 8.03. The number of carbonyl (C=O) groups excluding carboxylic acids is 1. The maximum atomic E-state index is 12.1. The molecule has 0 radical (unpaired) electrons. The summed E-state index contributed by atoms with van der Waals surface area (Å²) in [7, 11) is 2.86. The van der Waals surface area contributed by atoms with Crippen molar-refractivity contribution in [2.75, 3.05) is 14.2 Å². The molecule has 0 atom stereocenters. The van der Waals surface area contributed by atoms with Crippen LogP contribution in [0.1, 0.15) is 16.1 Å². The standard InChI is InChI=1S/C9H11FN2O2/c1-12(14-2)9(13)8-4-3-7(5-10)6-11-8/h3-4,6H,5H2,1-2H3. The molecule has 0 saturated heterocycles. The van der Waals surface area contributed by atoms with Crippen molar-refractivity contribution in [2.24, 2.45) is 0 Å². The Morgan fingerprint density at radius 2 is 2.36 bits per heavy atom. The molecule has 0 bridgehead atoms. The van der Waals surface area contributed by atoms with Crippen LogP contribution in [0.25, 0.3) is 0 Å². The highest BCUT2D eigenvalue weighted by Gasteiger charge is 2.11. The Morgan fingerprint density at radius 3 is 2.79 bits per heavy atom. The summed E-state index contributed by atoms with van der Waals surface area (Å²) < 4.78 is 12.1. The van der Waals surface area contributed by atoms with E-state index in [4.69, 9.17) is 4.84 Å². The normalized spacial score (nSPS) is 9.93. The van der Waals surface area contributed by atoms with Gasteiger partial charge in [0.15, 0.2) is 0 Å². The number of hydroxylamine groups is 2. The molecule has 76 valence electrons. The number of aromatic nitrogens is 1.